The lowest BCUT2D eigenvalue weighted by Gasteiger charge is -2.00. The van der Waals surface area contributed by atoms with Gasteiger partial charge < -0.3 is 5.73 Å². The van der Waals surface area contributed by atoms with Crippen LogP contribution in [0.5, 0.6) is 0 Å². The van der Waals surface area contributed by atoms with E-state index in [2.05, 4.69) is 25.3 Å². The molecule has 0 spiro atoms. The zero-order valence-electron chi connectivity index (χ0n) is 8.96. The van der Waals surface area contributed by atoms with E-state index in [4.69, 9.17) is 5.73 Å². The van der Waals surface area contributed by atoms with Gasteiger partial charge in [-0.1, -0.05) is 11.3 Å². The van der Waals surface area contributed by atoms with Crippen molar-refractivity contribution in [2.24, 2.45) is 0 Å². The van der Waals surface area contributed by atoms with Crippen LogP contribution in [-0.4, -0.2) is 29.8 Å². The van der Waals surface area contributed by atoms with Gasteiger partial charge in [-0.2, -0.15) is 22.8 Å². The van der Waals surface area contributed by atoms with Crippen LogP contribution in [0.2, 0.25) is 0 Å². The number of nitrogens with zero attached hydrogens (tertiary/aromatic N) is 6. The molecule has 3 heterocycles. The summed E-state index contributed by atoms with van der Waals surface area (Å²) in [6.07, 6.45) is -1.88. The third kappa shape index (κ3) is 1.87. The average Bonchev–Trinajstić information content (AvgIpc) is 2.86. The number of hydrogen-bond acceptors (Lipinski definition) is 7. The summed E-state index contributed by atoms with van der Waals surface area (Å²) in [5.74, 6) is -1.10. The van der Waals surface area contributed by atoms with E-state index in [0.29, 0.717) is 4.52 Å². The lowest BCUT2D eigenvalue weighted by Crippen LogP contribution is -2.11. The summed E-state index contributed by atoms with van der Waals surface area (Å²) < 4.78 is 38.5. The van der Waals surface area contributed by atoms with E-state index in [9.17, 15) is 13.2 Å². The van der Waals surface area contributed by atoms with E-state index < -0.39 is 12.0 Å². The lowest BCUT2D eigenvalue weighted by atomic mass is 10.4. The van der Waals surface area contributed by atoms with Gasteiger partial charge in [-0.3, -0.25) is 0 Å². The second-order valence-electron chi connectivity index (χ2n) is 3.41. The Labute approximate surface area is 106 Å². The maximum Gasteiger partial charge on any atom is 0.453 e. The van der Waals surface area contributed by atoms with Crippen molar-refractivity contribution in [3.63, 3.8) is 0 Å². The number of aromatic nitrogens is 6. The quantitative estimate of drug-likeness (QED) is 0.723. The number of anilines is 1. The molecular weight excluding hydrogens is 283 g/mol. The highest BCUT2D eigenvalue weighted by Gasteiger charge is 2.38. The summed E-state index contributed by atoms with van der Waals surface area (Å²) in [6, 6.07) is 0. The molecule has 3 aromatic rings. The summed E-state index contributed by atoms with van der Waals surface area (Å²) in [7, 11) is 0. The van der Waals surface area contributed by atoms with Gasteiger partial charge in [-0.15, -0.1) is 10.2 Å². The molecule has 0 unspecified atom stereocenters. The molecule has 0 amide bonds. The Kier molecular flexibility index (Phi) is 2.38. The molecule has 0 aromatic carbocycles. The van der Waals surface area contributed by atoms with Crippen molar-refractivity contribution in [3.8, 4) is 10.7 Å². The van der Waals surface area contributed by atoms with Crippen molar-refractivity contribution in [2.45, 2.75) is 6.18 Å². The topological polar surface area (TPSA) is 94.9 Å². The molecule has 3 rings (SSSR count). The molecule has 0 radical (unpaired) electrons. The number of nitrogen functional groups attached to an aromatic ring is 1. The number of hydrogen-bond donors (Lipinski definition) is 1. The van der Waals surface area contributed by atoms with Crippen LogP contribution in [-0.2, 0) is 6.18 Å². The molecule has 3 aromatic heterocycles. The molecule has 0 fully saturated rings. The second-order valence-corrected chi connectivity index (χ2v) is 4.37. The van der Waals surface area contributed by atoms with Crippen LogP contribution in [0.3, 0.4) is 0 Å². The predicted octanol–water partition coefficient (Wildman–Crippen LogP) is 1.24. The van der Waals surface area contributed by atoms with Gasteiger partial charge in [0.2, 0.25) is 4.96 Å². The Hall–Kier alpha value is -2.30. The summed E-state index contributed by atoms with van der Waals surface area (Å²) in [6.45, 7) is 0. The first-order valence-corrected chi connectivity index (χ1v) is 5.65. The molecule has 0 bridgehead atoms. The minimum absolute atomic E-state index is 0.00683. The largest absolute Gasteiger partial charge is 0.453 e. The fraction of sp³-hybridized carbons (Fsp3) is 0.125. The highest BCUT2D eigenvalue weighted by molar-refractivity contribution is 7.19. The zero-order chi connectivity index (χ0) is 13.6. The van der Waals surface area contributed by atoms with Crippen LogP contribution in [0.1, 0.15) is 5.82 Å². The number of nitrogens with two attached hydrogens (primary N) is 1. The van der Waals surface area contributed by atoms with Crippen molar-refractivity contribution in [1.29, 1.82) is 0 Å². The molecule has 0 aliphatic rings. The minimum atomic E-state index is -4.63. The third-order valence-corrected chi connectivity index (χ3v) is 3.08. The molecule has 19 heavy (non-hydrogen) atoms. The van der Waals surface area contributed by atoms with Gasteiger partial charge in [-0.05, 0) is 0 Å². The number of fused-ring (bicyclic) bond motifs is 1. The lowest BCUT2D eigenvalue weighted by molar-refractivity contribution is -0.146. The highest BCUT2D eigenvalue weighted by Crippen LogP contribution is 2.31. The summed E-state index contributed by atoms with van der Waals surface area (Å²) >= 11 is 0.897. The number of halogens is 3. The second kappa shape index (κ2) is 3.85. The van der Waals surface area contributed by atoms with Crippen LogP contribution in [0.15, 0.2) is 12.4 Å². The van der Waals surface area contributed by atoms with Crippen molar-refractivity contribution in [1.82, 2.24) is 29.8 Å². The molecule has 11 heteroatoms. The number of alkyl halides is 3. The molecule has 2 N–H and O–H groups in total. The molecule has 98 valence electrons. The fourth-order valence-electron chi connectivity index (χ4n) is 1.40. The SMILES string of the molecule is Nc1nccnc1-c1nn2c(C(F)(F)F)nnc2s1. The average molecular weight is 287 g/mol. The zero-order valence-corrected chi connectivity index (χ0v) is 9.77. The van der Waals surface area contributed by atoms with Gasteiger partial charge in [0.05, 0.1) is 0 Å². The van der Waals surface area contributed by atoms with Gasteiger partial charge >= 0.3 is 6.18 Å². The van der Waals surface area contributed by atoms with Crippen molar-refractivity contribution >= 4 is 22.1 Å². The molecule has 0 saturated heterocycles. The van der Waals surface area contributed by atoms with Crippen LogP contribution in [0.25, 0.3) is 15.7 Å². The molecule has 0 aliphatic carbocycles. The van der Waals surface area contributed by atoms with Gasteiger partial charge in [0.1, 0.15) is 5.69 Å². The molecule has 0 atom stereocenters. The summed E-state index contributed by atoms with van der Waals surface area (Å²) in [4.78, 5) is 7.74. The van der Waals surface area contributed by atoms with E-state index in [0.717, 1.165) is 11.3 Å². The Morgan fingerprint density at radius 2 is 1.89 bits per heavy atom. The van der Waals surface area contributed by atoms with Gasteiger partial charge in [0.15, 0.2) is 10.8 Å². The van der Waals surface area contributed by atoms with Gasteiger partial charge in [0, 0.05) is 12.4 Å². The molecule has 7 nitrogen and oxygen atoms in total. The summed E-state index contributed by atoms with van der Waals surface area (Å²) in [5.41, 5.74) is 5.81. The van der Waals surface area contributed by atoms with Crippen molar-refractivity contribution in [2.75, 3.05) is 5.73 Å². The van der Waals surface area contributed by atoms with Gasteiger partial charge in [0.25, 0.3) is 5.82 Å². The van der Waals surface area contributed by atoms with Crippen LogP contribution >= 0.6 is 11.3 Å². The number of rotatable bonds is 1. The van der Waals surface area contributed by atoms with E-state index in [1.807, 2.05) is 0 Å². The maximum absolute atomic E-state index is 12.6. The van der Waals surface area contributed by atoms with Crippen molar-refractivity contribution < 1.29 is 13.2 Å². The fourth-order valence-corrected chi connectivity index (χ4v) is 2.25. The van der Waals surface area contributed by atoms with Crippen LogP contribution < -0.4 is 5.73 Å². The maximum atomic E-state index is 12.6. The molecule has 0 saturated carbocycles. The van der Waals surface area contributed by atoms with E-state index >= 15 is 0 Å². The van der Waals surface area contributed by atoms with E-state index in [1.54, 1.807) is 0 Å². The first-order valence-electron chi connectivity index (χ1n) is 4.83. The van der Waals surface area contributed by atoms with Crippen molar-refractivity contribution in [3.05, 3.63) is 18.2 Å². The highest BCUT2D eigenvalue weighted by atomic mass is 32.1. The standard InChI is InChI=1S/C8H4F3N7S/c9-8(10,11)6-15-16-7-18(6)17-5(19-7)3-4(12)14-2-1-13-3/h1-2H,(H2,12,14). The smallest absolute Gasteiger partial charge is 0.382 e. The normalized spacial score (nSPS) is 12.2. The summed E-state index contributed by atoms with van der Waals surface area (Å²) in [5, 5.41) is 10.4. The Balaban J connectivity index is 2.18. The van der Waals surface area contributed by atoms with E-state index in [-0.39, 0.29) is 21.5 Å². The first-order chi connectivity index (χ1) is 8.97. The Bertz CT molecular complexity index is 746. The van der Waals surface area contributed by atoms with Crippen LogP contribution in [0, 0.1) is 0 Å². The Morgan fingerprint density at radius 3 is 2.58 bits per heavy atom. The first kappa shape index (κ1) is 11.8. The molecular formula is C8H4F3N7S. The minimum Gasteiger partial charge on any atom is -0.382 e. The third-order valence-electron chi connectivity index (χ3n) is 2.17. The predicted molar refractivity (Wildman–Crippen MR) is 59.1 cm³/mol. The van der Waals surface area contributed by atoms with Gasteiger partial charge in [-0.25, -0.2) is 9.97 Å². The molecule has 0 aliphatic heterocycles. The van der Waals surface area contributed by atoms with Crippen LogP contribution in [0.4, 0.5) is 19.0 Å². The monoisotopic (exact) mass is 287 g/mol. The van der Waals surface area contributed by atoms with E-state index in [1.165, 1.54) is 12.4 Å². The Morgan fingerprint density at radius 1 is 1.16 bits per heavy atom.